The van der Waals surface area contributed by atoms with Crippen LogP contribution in [0.4, 0.5) is 0 Å². The van der Waals surface area contributed by atoms with E-state index in [2.05, 4.69) is 9.72 Å². The predicted octanol–water partition coefficient (Wildman–Crippen LogP) is 0.465. The van der Waals surface area contributed by atoms with Crippen molar-refractivity contribution in [2.45, 2.75) is 29.6 Å². The number of hydrogen-bond donors (Lipinski definition) is 1. The van der Waals surface area contributed by atoms with Gasteiger partial charge in [-0.2, -0.15) is 4.31 Å². The first-order chi connectivity index (χ1) is 9.34. The lowest BCUT2D eigenvalue weighted by atomic mass is 9.92. The summed E-state index contributed by atoms with van der Waals surface area (Å²) in [5.74, 6) is -0.783. The molecule has 0 aromatic carbocycles. The fourth-order valence-electron chi connectivity index (χ4n) is 2.17. The summed E-state index contributed by atoms with van der Waals surface area (Å²) in [7, 11) is -2.64. The third kappa shape index (κ3) is 2.58. The Morgan fingerprint density at radius 2 is 2.25 bits per heavy atom. The first-order valence-corrected chi connectivity index (χ1v) is 8.40. The Morgan fingerprint density at radius 3 is 2.80 bits per heavy atom. The second kappa shape index (κ2) is 5.40. The number of esters is 1. The minimum atomic E-state index is -3.81. The number of rotatable bonds is 5. The van der Waals surface area contributed by atoms with E-state index in [0.29, 0.717) is 6.42 Å². The molecule has 1 aliphatic rings. The van der Waals surface area contributed by atoms with E-state index in [1.165, 1.54) is 12.6 Å². The summed E-state index contributed by atoms with van der Waals surface area (Å²) in [6.07, 6.45) is 1.32. The Kier molecular flexibility index (Phi) is 4.14. The Bertz CT molecular complexity index is 604. The number of ether oxygens (including phenoxy) is 1. The molecule has 1 aliphatic heterocycles. The molecule has 0 unspecified atom stereocenters. The van der Waals surface area contributed by atoms with Crippen LogP contribution in [0.2, 0.25) is 0 Å². The quantitative estimate of drug-likeness (QED) is 0.792. The van der Waals surface area contributed by atoms with Crippen LogP contribution >= 0.6 is 11.3 Å². The molecule has 0 aliphatic carbocycles. The van der Waals surface area contributed by atoms with Crippen molar-refractivity contribution < 1.29 is 23.1 Å². The zero-order chi connectivity index (χ0) is 15.0. The topological polar surface area (TPSA) is 96.8 Å². The Hall–Kier alpha value is -1.03. The van der Waals surface area contributed by atoms with Crippen LogP contribution in [-0.4, -0.2) is 54.6 Å². The molecule has 1 saturated heterocycles. The highest BCUT2D eigenvalue weighted by molar-refractivity contribution is 7.91. The molecule has 2 rings (SSSR count). The number of sulfonamides is 1. The van der Waals surface area contributed by atoms with Gasteiger partial charge in [0.25, 0.3) is 10.0 Å². The van der Waals surface area contributed by atoms with Gasteiger partial charge in [0.1, 0.15) is 0 Å². The Balaban J connectivity index is 2.22. The third-order valence-corrected chi connectivity index (χ3v) is 6.28. The molecule has 0 radical (unpaired) electrons. The van der Waals surface area contributed by atoms with E-state index in [1.54, 1.807) is 0 Å². The molecule has 112 valence electrons. The van der Waals surface area contributed by atoms with Gasteiger partial charge < -0.3 is 9.84 Å². The van der Waals surface area contributed by atoms with E-state index in [1.807, 2.05) is 6.92 Å². The average molecular weight is 320 g/mol. The second-order valence-corrected chi connectivity index (χ2v) is 7.72. The summed E-state index contributed by atoms with van der Waals surface area (Å²) in [6.45, 7) is 2.01. The van der Waals surface area contributed by atoms with Gasteiger partial charge in [0, 0.05) is 13.1 Å². The Morgan fingerprint density at radius 1 is 1.60 bits per heavy atom. The zero-order valence-corrected chi connectivity index (χ0v) is 12.8. The number of thiazole rings is 1. The largest absolute Gasteiger partial charge is 0.464 e. The van der Waals surface area contributed by atoms with Crippen molar-refractivity contribution in [1.29, 1.82) is 0 Å². The van der Waals surface area contributed by atoms with Crippen LogP contribution in [-0.2, 0) is 14.8 Å². The van der Waals surface area contributed by atoms with Crippen LogP contribution in [0.5, 0.6) is 0 Å². The van der Waals surface area contributed by atoms with Crippen LogP contribution in [0.1, 0.15) is 30.3 Å². The van der Waals surface area contributed by atoms with Crippen LogP contribution in [0.15, 0.2) is 9.72 Å². The minimum absolute atomic E-state index is 0.0433. The summed E-state index contributed by atoms with van der Waals surface area (Å²) in [6, 6.07) is 0. The molecular formula is C11H16N2O5S2. The molecule has 1 aromatic heterocycles. The fourth-order valence-corrected chi connectivity index (χ4v) is 5.04. The molecule has 0 spiro atoms. The average Bonchev–Trinajstić information content (AvgIpc) is 2.85. The van der Waals surface area contributed by atoms with Crippen molar-refractivity contribution in [2.75, 3.05) is 20.2 Å². The molecule has 7 nitrogen and oxygen atoms in total. The standard InChI is InChI=1S/C11H16N2O5S2/c1-3-4-11(15)5-13(6-11)20(16,17)10-8(9(14)18-2)12-7-19-10/h7,15H,3-6H2,1-2H3. The van der Waals surface area contributed by atoms with E-state index < -0.39 is 21.6 Å². The lowest BCUT2D eigenvalue weighted by Gasteiger charge is -2.45. The summed E-state index contributed by atoms with van der Waals surface area (Å²) in [5.41, 5.74) is 0.123. The number of carbonyl (C=O) groups excluding carboxylic acids is 1. The van der Waals surface area contributed by atoms with E-state index in [9.17, 15) is 18.3 Å². The van der Waals surface area contributed by atoms with E-state index in [-0.39, 0.29) is 23.0 Å². The van der Waals surface area contributed by atoms with E-state index in [0.717, 1.165) is 22.1 Å². The molecule has 0 atom stereocenters. The van der Waals surface area contributed by atoms with Gasteiger partial charge in [0.05, 0.1) is 18.2 Å². The van der Waals surface area contributed by atoms with Crippen LogP contribution in [0.3, 0.4) is 0 Å². The maximum Gasteiger partial charge on any atom is 0.358 e. The highest BCUT2D eigenvalue weighted by Gasteiger charge is 2.48. The SMILES string of the molecule is CCCC1(O)CN(S(=O)(=O)c2scnc2C(=O)OC)C1. The molecule has 1 aromatic rings. The van der Waals surface area contributed by atoms with Crippen LogP contribution in [0.25, 0.3) is 0 Å². The zero-order valence-electron chi connectivity index (χ0n) is 11.2. The van der Waals surface area contributed by atoms with E-state index in [4.69, 9.17) is 0 Å². The third-order valence-electron chi connectivity index (χ3n) is 3.14. The molecule has 0 saturated carbocycles. The number of hydrogen-bond acceptors (Lipinski definition) is 7. The number of aliphatic hydroxyl groups is 1. The van der Waals surface area contributed by atoms with Gasteiger partial charge in [-0.25, -0.2) is 18.2 Å². The number of methoxy groups -OCH3 is 1. The molecule has 0 bridgehead atoms. The van der Waals surface area contributed by atoms with Crippen molar-refractivity contribution in [3.8, 4) is 0 Å². The Labute approximate surface area is 121 Å². The smallest absolute Gasteiger partial charge is 0.358 e. The molecule has 9 heteroatoms. The highest BCUT2D eigenvalue weighted by atomic mass is 32.2. The molecular weight excluding hydrogens is 304 g/mol. The molecule has 1 fully saturated rings. The van der Waals surface area contributed by atoms with Gasteiger partial charge in [-0.1, -0.05) is 13.3 Å². The van der Waals surface area contributed by atoms with Crippen molar-refractivity contribution in [1.82, 2.24) is 9.29 Å². The fraction of sp³-hybridized carbons (Fsp3) is 0.636. The number of β-amino-alcohol motifs (C(OH)–C–C–N with tert-alkyl or cyclic N) is 1. The predicted molar refractivity (Wildman–Crippen MR) is 72.1 cm³/mol. The highest BCUT2D eigenvalue weighted by Crippen LogP contribution is 2.33. The molecule has 20 heavy (non-hydrogen) atoms. The van der Waals surface area contributed by atoms with Gasteiger partial charge >= 0.3 is 5.97 Å². The van der Waals surface area contributed by atoms with Crippen molar-refractivity contribution in [2.24, 2.45) is 0 Å². The maximum atomic E-state index is 12.4. The first kappa shape index (κ1) is 15.4. The second-order valence-electron chi connectivity index (χ2n) is 4.73. The van der Waals surface area contributed by atoms with Gasteiger partial charge in [-0.15, -0.1) is 11.3 Å². The summed E-state index contributed by atoms with van der Waals surface area (Å²) in [5, 5.41) is 10.1. The lowest BCUT2D eigenvalue weighted by molar-refractivity contribution is -0.0652. The molecule has 2 heterocycles. The van der Waals surface area contributed by atoms with Gasteiger partial charge in [-0.3, -0.25) is 0 Å². The maximum absolute atomic E-state index is 12.4. The van der Waals surface area contributed by atoms with Crippen molar-refractivity contribution in [3.63, 3.8) is 0 Å². The van der Waals surface area contributed by atoms with Crippen LogP contribution in [0, 0.1) is 0 Å². The van der Waals surface area contributed by atoms with Crippen molar-refractivity contribution >= 4 is 27.3 Å². The summed E-state index contributed by atoms with van der Waals surface area (Å²) in [4.78, 5) is 15.2. The van der Waals surface area contributed by atoms with Gasteiger partial charge in [0.15, 0.2) is 9.90 Å². The first-order valence-electron chi connectivity index (χ1n) is 6.08. The normalized spacial score (nSPS) is 18.6. The van der Waals surface area contributed by atoms with Crippen molar-refractivity contribution in [3.05, 3.63) is 11.2 Å². The van der Waals surface area contributed by atoms with Gasteiger partial charge in [-0.05, 0) is 6.42 Å². The van der Waals surface area contributed by atoms with E-state index >= 15 is 0 Å². The summed E-state index contributed by atoms with van der Waals surface area (Å²) < 4.78 is 30.3. The lowest BCUT2D eigenvalue weighted by Crippen LogP contribution is -2.63. The number of nitrogens with zero attached hydrogens (tertiary/aromatic N) is 2. The monoisotopic (exact) mass is 320 g/mol. The minimum Gasteiger partial charge on any atom is -0.464 e. The number of aromatic nitrogens is 1. The van der Waals surface area contributed by atoms with Gasteiger partial charge in [0.2, 0.25) is 0 Å². The van der Waals surface area contributed by atoms with Crippen LogP contribution < -0.4 is 0 Å². The summed E-state index contributed by atoms with van der Waals surface area (Å²) >= 11 is 0.868. The molecule has 0 amide bonds. The molecule has 1 N–H and O–H groups in total. The number of carbonyl (C=O) groups is 1.